The van der Waals surface area contributed by atoms with Crippen molar-refractivity contribution < 1.29 is 18.4 Å². The lowest BCUT2D eigenvalue weighted by molar-refractivity contribution is 0.0942. The summed E-state index contributed by atoms with van der Waals surface area (Å²) in [6.45, 7) is 0. The van der Waals surface area contributed by atoms with E-state index in [0.717, 1.165) is 11.4 Å². The monoisotopic (exact) mass is 520 g/mol. The molecule has 36 heavy (non-hydrogen) atoms. The minimum atomic E-state index is -0.354. The Balaban J connectivity index is 0.000000201. The standard InChI is InChI=1S/2C13H12N2O2S/c2*1-15(10-6-3-2-4-7-10)13(18)14-12(16)11-8-5-9-17-11/h2*2-9H,1H3,(H,14,16,18). The number of amides is 2. The van der Waals surface area contributed by atoms with Crippen molar-refractivity contribution in [3.63, 3.8) is 0 Å². The molecule has 2 N–H and O–H groups in total. The average molecular weight is 521 g/mol. The largest absolute Gasteiger partial charge is 0.459 e. The number of nitrogens with zero attached hydrogens (tertiary/aromatic N) is 2. The van der Waals surface area contributed by atoms with Crippen LogP contribution in [0.25, 0.3) is 0 Å². The van der Waals surface area contributed by atoms with Crippen molar-refractivity contribution in [3.05, 3.63) is 109 Å². The number of nitrogens with one attached hydrogen (secondary N) is 2. The minimum absolute atomic E-state index is 0.235. The molecule has 10 heteroatoms. The molecule has 0 unspecified atom stereocenters. The minimum Gasteiger partial charge on any atom is -0.459 e. The highest BCUT2D eigenvalue weighted by Crippen LogP contribution is 2.12. The molecule has 4 rings (SSSR count). The van der Waals surface area contributed by atoms with Gasteiger partial charge in [0.1, 0.15) is 0 Å². The van der Waals surface area contributed by atoms with Crippen LogP contribution in [0.2, 0.25) is 0 Å². The van der Waals surface area contributed by atoms with Crippen LogP contribution in [0, 0.1) is 0 Å². The Hall–Kier alpha value is -4.28. The van der Waals surface area contributed by atoms with E-state index < -0.39 is 0 Å². The third-order valence-electron chi connectivity index (χ3n) is 4.83. The Morgan fingerprint density at radius 3 is 1.28 bits per heavy atom. The fraction of sp³-hybridized carbons (Fsp3) is 0.0769. The zero-order chi connectivity index (χ0) is 25.9. The maximum Gasteiger partial charge on any atom is 0.293 e. The second-order valence-electron chi connectivity index (χ2n) is 7.26. The number of carbonyl (C=O) groups excluding carboxylic acids is 2. The molecule has 0 bridgehead atoms. The van der Waals surface area contributed by atoms with Gasteiger partial charge in [-0.25, -0.2) is 0 Å². The van der Waals surface area contributed by atoms with E-state index in [4.69, 9.17) is 33.3 Å². The van der Waals surface area contributed by atoms with Gasteiger partial charge in [-0.3, -0.25) is 20.2 Å². The number of benzene rings is 2. The van der Waals surface area contributed by atoms with Gasteiger partial charge in [0.05, 0.1) is 12.5 Å². The summed E-state index contributed by atoms with van der Waals surface area (Å²) in [5.41, 5.74) is 1.81. The highest BCUT2D eigenvalue weighted by molar-refractivity contribution is 7.80. The molecule has 8 nitrogen and oxygen atoms in total. The molecule has 0 atom stereocenters. The van der Waals surface area contributed by atoms with E-state index in [1.807, 2.05) is 60.7 Å². The molecule has 184 valence electrons. The van der Waals surface area contributed by atoms with Gasteiger partial charge in [0.15, 0.2) is 21.7 Å². The SMILES string of the molecule is CN(C(=S)NC(=O)c1ccco1)c1ccccc1.CN(C(=S)NC(=O)c1ccco1)c1ccccc1. The summed E-state index contributed by atoms with van der Waals surface area (Å²) in [5.74, 6) is -0.238. The summed E-state index contributed by atoms with van der Waals surface area (Å²) < 4.78 is 9.98. The van der Waals surface area contributed by atoms with Gasteiger partial charge in [-0.05, 0) is 73.0 Å². The fourth-order valence-corrected chi connectivity index (χ4v) is 3.23. The summed E-state index contributed by atoms with van der Waals surface area (Å²) in [6.07, 6.45) is 2.89. The van der Waals surface area contributed by atoms with Crippen molar-refractivity contribution >= 4 is 57.8 Å². The summed E-state index contributed by atoms with van der Waals surface area (Å²) in [7, 11) is 3.58. The predicted molar refractivity (Wildman–Crippen MR) is 147 cm³/mol. The molecule has 0 saturated carbocycles. The second-order valence-corrected chi connectivity index (χ2v) is 8.04. The number of furan rings is 2. The van der Waals surface area contributed by atoms with Crippen LogP contribution in [0.5, 0.6) is 0 Å². The second kappa shape index (κ2) is 13.0. The van der Waals surface area contributed by atoms with Crippen LogP contribution in [0.15, 0.2) is 106 Å². The maximum atomic E-state index is 11.7. The number of thiocarbonyl (C=S) groups is 2. The van der Waals surface area contributed by atoms with Gasteiger partial charge in [0, 0.05) is 25.5 Å². The molecule has 0 aliphatic rings. The first-order valence-electron chi connectivity index (χ1n) is 10.7. The number of hydrogen-bond acceptors (Lipinski definition) is 6. The van der Waals surface area contributed by atoms with E-state index >= 15 is 0 Å². The van der Waals surface area contributed by atoms with Crippen LogP contribution >= 0.6 is 24.4 Å². The van der Waals surface area contributed by atoms with Crippen LogP contribution in [-0.4, -0.2) is 36.1 Å². The van der Waals surface area contributed by atoms with E-state index in [1.54, 1.807) is 48.2 Å². The predicted octanol–water partition coefficient (Wildman–Crippen LogP) is 4.86. The van der Waals surface area contributed by atoms with Gasteiger partial charge in [0.25, 0.3) is 11.8 Å². The van der Waals surface area contributed by atoms with Gasteiger partial charge in [0.2, 0.25) is 0 Å². The van der Waals surface area contributed by atoms with Crippen molar-refractivity contribution in [1.82, 2.24) is 10.6 Å². The molecule has 0 spiro atoms. The zero-order valence-electron chi connectivity index (χ0n) is 19.6. The number of rotatable bonds is 4. The molecule has 4 aromatic rings. The van der Waals surface area contributed by atoms with Gasteiger partial charge in [-0.2, -0.15) is 0 Å². The molecular formula is C26H24N4O4S2. The summed E-state index contributed by atoms with van der Waals surface area (Å²) >= 11 is 10.3. The third-order valence-corrected chi connectivity index (χ3v) is 5.58. The molecular weight excluding hydrogens is 496 g/mol. The Morgan fingerprint density at radius 2 is 0.972 bits per heavy atom. The van der Waals surface area contributed by atoms with Gasteiger partial charge in [-0.15, -0.1) is 0 Å². The van der Waals surface area contributed by atoms with Crippen LogP contribution in [-0.2, 0) is 0 Å². The maximum absolute atomic E-state index is 11.7. The van der Waals surface area contributed by atoms with Crippen molar-refractivity contribution in [2.45, 2.75) is 0 Å². The Labute approximate surface area is 219 Å². The van der Waals surface area contributed by atoms with E-state index in [9.17, 15) is 9.59 Å². The Morgan fingerprint density at radius 1 is 0.611 bits per heavy atom. The topological polar surface area (TPSA) is 91.0 Å². The lowest BCUT2D eigenvalue weighted by Gasteiger charge is -2.19. The summed E-state index contributed by atoms with van der Waals surface area (Å²) in [5, 5.41) is 5.85. The van der Waals surface area contributed by atoms with Crippen molar-refractivity contribution in [2.75, 3.05) is 23.9 Å². The van der Waals surface area contributed by atoms with Gasteiger partial charge in [-0.1, -0.05) is 36.4 Å². The molecule has 0 saturated heterocycles. The molecule has 0 aliphatic carbocycles. The van der Waals surface area contributed by atoms with Crippen molar-refractivity contribution in [3.8, 4) is 0 Å². The summed E-state index contributed by atoms with van der Waals surface area (Å²) in [4.78, 5) is 26.9. The smallest absolute Gasteiger partial charge is 0.293 e. The van der Waals surface area contributed by atoms with E-state index in [1.165, 1.54) is 12.5 Å². The third kappa shape index (κ3) is 7.36. The van der Waals surface area contributed by atoms with Crippen molar-refractivity contribution in [2.24, 2.45) is 0 Å². The number of para-hydroxylation sites is 2. The number of hydrogen-bond donors (Lipinski definition) is 2. The Bertz CT molecular complexity index is 1180. The first kappa shape index (κ1) is 26.3. The first-order chi connectivity index (χ1) is 17.4. The molecule has 2 aromatic carbocycles. The zero-order valence-corrected chi connectivity index (χ0v) is 21.2. The lowest BCUT2D eigenvalue weighted by Crippen LogP contribution is -2.40. The lowest BCUT2D eigenvalue weighted by atomic mass is 10.3. The molecule has 2 amide bonds. The normalized spacial score (nSPS) is 9.83. The highest BCUT2D eigenvalue weighted by atomic mass is 32.1. The molecule has 2 heterocycles. The average Bonchev–Trinajstić information content (AvgIpc) is 3.64. The van der Waals surface area contributed by atoms with Crippen molar-refractivity contribution in [1.29, 1.82) is 0 Å². The van der Waals surface area contributed by atoms with Gasteiger partial charge >= 0.3 is 0 Å². The highest BCUT2D eigenvalue weighted by Gasteiger charge is 2.14. The van der Waals surface area contributed by atoms with E-state index in [0.29, 0.717) is 10.2 Å². The quantitative estimate of drug-likeness (QED) is 0.369. The van der Waals surface area contributed by atoms with Gasteiger partial charge < -0.3 is 18.6 Å². The molecule has 2 aromatic heterocycles. The summed E-state index contributed by atoms with van der Waals surface area (Å²) in [6, 6.07) is 25.6. The molecule has 0 aliphatic heterocycles. The van der Waals surface area contributed by atoms with Crippen LogP contribution in [0.4, 0.5) is 11.4 Å². The number of carbonyl (C=O) groups is 2. The molecule has 0 radical (unpaired) electrons. The van der Waals surface area contributed by atoms with Crippen LogP contribution < -0.4 is 20.4 Å². The fourth-order valence-electron chi connectivity index (χ4n) is 2.84. The van der Waals surface area contributed by atoms with Crippen LogP contribution in [0.1, 0.15) is 21.1 Å². The first-order valence-corrected chi connectivity index (χ1v) is 11.5. The van der Waals surface area contributed by atoms with E-state index in [-0.39, 0.29) is 23.3 Å². The Kier molecular flexibility index (Phi) is 9.49. The van der Waals surface area contributed by atoms with E-state index in [2.05, 4.69) is 10.6 Å². The molecule has 0 fully saturated rings. The van der Waals surface area contributed by atoms with Crippen LogP contribution in [0.3, 0.4) is 0 Å². The number of anilines is 2.